The van der Waals surface area contributed by atoms with Gasteiger partial charge in [-0.05, 0) is 24.3 Å². The van der Waals surface area contributed by atoms with E-state index in [0.717, 1.165) is 26.6 Å². The first-order valence-electron chi connectivity index (χ1n) is 9.79. The SMILES string of the molecule is N#Cc1ccn2ncc(C(=O)N3CCc4[nH]cnc4[C@H]3c3nc4ccccc4s3)c2c1. The summed E-state index contributed by atoms with van der Waals surface area (Å²) in [6.07, 6.45) is 5.62. The molecule has 0 fully saturated rings. The van der Waals surface area contributed by atoms with Gasteiger partial charge in [-0.15, -0.1) is 11.3 Å². The van der Waals surface area contributed by atoms with Crippen molar-refractivity contribution in [1.82, 2.24) is 29.5 Å². The number of H-pyrrole nitrogens is 1. The van der Waals surface area contributed by atoms with Crippen LogP contribution in [-0.4, -0.2) is 41.9 Å². The van der Waals surface area contributed by atoms with Crippen molar-refractivity contribution in [3.8, 4) is 6.07 Å². The lowest BCUT2D eigenvalue weighted by atomic mass is 10.0. The predicted molar refractivity (Wildman–Crippen MR) is 115 cm³/mol. The zero-order chi connectivity index (χ0) is 20.9. The van der Waals surface area contributed by atoms with E-state index in [9.17, 15) is 10.1 Å². The summed E-state index contributed by atoms with van der Waals surface area (Å²) in [6, 6.07) is 13.1. The number of carbonyl (C=O) groups excluding carboxylic acids is 1. The Hall–Kier alpha value is -4.03. The van der Waals surface area contributed by atoms with Crippen molar-refractivity contribution in [2.75, 3.05) is 6.54 Å². The highest BCUT2D eigenvalue weighted by molar-refractivity contribution is 7.18. The van der Waals surface area contributed by atoms with Gasteiger partial charge in [0, 0.05) is 24.9 Å². The van der Waals surface area contributed by atoms with E-state index in [2.05, 4.69) is 21.1 Å². The molecule has 5 heterocycles. The van der Waals surface area contributed by atoms with Crippen LogP contribution in [0, 0.1) is 11.3 Å². The maximum Gasteiger partial charge on any atom is 0.258 e. The van der Waals surface area contributed by atoms with Crippen molar-refractivity contribution >= 4 is 33.0 Å². The lowest BCUT2D eigenvalue weighted by Gasteiger charge is -2.33. The number of hydrogen-bond donors (Lipinski definition) is 1. The Morgan fingerprint density at radius 1 is 1.29 bits per heavy atom. The molecule has 1 amide bonds. The maximum absolute atomic E-state index is 13.7. The van der Waals surface area contributed by atoms with Gasteiger partial charge in [0.15, 0.2) is 0 Å². The van der Waals surface area contributed by atoms with E-state index < -0.39 is 0 Å². The molecule has 31 heavy (non-hydrogen) atoms. The number of imidazole rings is 1. The molecule has 0 unspecified atom stereocenters. The summed E-state index contributed by atoms with van der Waals surface area (Å²) in [5.41, 5.74) is 4.32. The van der Waals surface area contributed by atoms with Gasteiger partial charge in [0.05, 0.1) is 51.1 Å². The Kier molecular flexibility index (Phi) is 3.88. The third kappa shape index (κ3) is 2.73. The lowest BCUT2D eigenvalue weighted by molar-refractivity contribution is 0.0692. The number of aromatic nitrogens is 5. The molecule has 0 spiro atoms. The van der Waals surface area contributed by atoms with Crippen LogP contribution in [0.1, 0.15) is 38.4 Å². The number of hydrogen-bond acceptors (Lipinski definition) is 6. The molecule has 0 saturated carbocycles. The number of rotatable bonds is 2. The summed E-state index contributed by atoms with van der Waals surface area (Å²) in [7, 11) is 0. The van der Waals surface area contributed by atoms with E-state index >= 15 is 0 Å². The van der Waals surface area contributed by atoms with Gasteiger partial charge >= 0.3 is 0 Å². The Bertz CT molecular complexity index is 1470. The van der Waals surface area contributed by atoms with Crippen LogP contribution in [0.5, 0.6) is 0 Å². The van der Waals surface area contributed by atoms with Gasteiger partial charge in [-0.2, -0.15) is 10.4 Å². The van der Waals surface area contributed by atoms with Crippen molar-refractivity contribution < 1.29 is 4.79 Å². The number of benzene rings is 1. The van der Waals surface area contributed by atoms with Crippen LogP contribution in [0.3, 0.4) is 0 Å². The first kappa shape index (κ1) is 17.8. The van der Waals surface area contributed by atoms with Crippen LogP contribution < -0.4 is 0 Å². The van der Waals surface area contributed by atoms with Crippen LogP contribution in [0.25, 0.3) is 15.7 Å². The van der Waals surface area contributed by atoms with Crippen molar-refractivity contribution in [1.29, 1.82) is 5.26 Å². The van der Waals surface area contributed by atoms with Crippen LogP contribution in [0.4, 0.5) is 0 Å². The quantitative estimate of drug-likeness (QED) is 0.467. The monoisotopic (exact) mass is 425 g/mol. The second kappa shape index (κ2) is 6.75. The number of carbonyl (C=O) groups is 1. The number of para-hydroxylation sites is 1. The van der Waals surface area contributed by atoms with E-state index in [0.29, 0.717) is 29.6 Å². The molecule has 150 valence electrons. The summed E-state index contributed by atoms with van der Waals surface area (Å²) in [4.78, 5) is 28.1. The Morgan fingerprint density at radius 3 is 3.06 bits per heavy atom. The van der Waals surface area contributed by atoms with Gasteiger partial charge in [-0.25, -0.2) is 14.5 Å². The van der Waals surface area contributed by atoms with Gasteiger partial charge < -0.3 is 9.88 Å². The first-order chi connectivity index (χ1) is 15.2. The number of nitrogens with one attached hydrogen (secondary N) is 1. The fourth-order valence-electron chi connectivity index (χ4n) is 4.12. The van der Waals surface area contributed by atoms with Crippen LogP contribution >= 0.6 is 11.3 Å². The highest BCUT2D eigenvalue weighted by atomic mass is 32.1. The zero-order valence-corrected chi connectivity index (χ0v) is 17.0. The molecule has 0 radical (unpaired) electrons. The van der Waals surface area contributed by atoms with E-state index in [-0.39, 0.29) is 11.9 Å². The number of pyridine rings is 1. The number of fused-ring (bicyclic) bond motifs is 3. The molecule has 8 nitrogen and oxygen atoms in total. The minimum absolute atomic E-state index is 0.150. The molecule has 1 N–H and O–H groups in total. The minimum Gasteiger partial charge on any atom is -0.348 e. The number of nitrogens with zero attached hydrogens (tertiary/aromatic N) is 6. The molecule has 1 aromatic carbocycles. The fraction of sp³-hybridized carbons (Fsp3) is 0.136. The topological polar surface area (TPSA) is 103 Å². The minimum atomic E-state index is -0.381. The van der Waals surface area contributed by atoms with Crippen LogP contribution in [-0.2, 0) is 6.42 Å². The predicted octanol–water partition coefficient (Wildman–Crippen LogP) is 3.33. The highest BCUT2D eigenvalue weighted by Crippen LogP contribution is 2.38. The Morgan fingerprint density at radius 2 is 2.19 bits per heavy atom. The van der Waals surface area contributed by atoms with Crippen LogP contribution in [0.2, 0.25) is 0 Å². The molecular formula is C22H15N7OS. The molecule has 9 heteroatoms. The number of nitriles is 1. The average molecular weight is 425 g/mol. The van der Waals surface area contributed by atoms with E-state index in [4.69, 9.17) is 4.98 Å². The standard InChI is InChI=1S/C22H15N7OS/c23-10-13-5-8-29-17(9-13)14(11-26-29)22(30)28-7-6-16-19(25-12-24-16)20(28)21-27-15-3-1-2-4-18(15)31-21/h1-5,8-9,11-12,20H,6-7H2,(H,24,25)/t20-/m0/s1. The van der Waals surface area contributed by atoms with Gasteiger partial charge in [-0.1, -0.05) is 12.1 Å². The largest absolute Gasteiger partial charge is 0.348 e. The van der Waals surface area contributed by atoms with Gasteiger partial charge in [0.25, 0.3) is 5.91 Å². The van der Waals surface area contributed by atoms with E-state index in [1.807, 2.05) is 29.2 Å². The molecule has 6 rings (SSSR count). The molecular weight excluding hydrogens is 410 g/mol. The lowest BCUT2D eigenvalue weighted by Crippen LogP contribution is -2.40. The highest BCUT2D eigenvalue weighted by Gasteiger charge is 2.37. The zero-order valence-electron chi connectivity index (χ0n) is 16.2. The fourth-order valence-corrected chi connectivity index (χ4v) is 5.21. The number of thiazole rings is 1. The molecule has 1 atom stereocenters. The third-order valence-electron chi connectivity index (χ3n) is 5.61. The van der Waals surface area contributed by atoms with Crippen molar-refractivity contribution in [3.05, 3.63) is 82.6 Å². The number of amides is 1. The Labute approximate surface area is 180 Å². The smallest absolute Gasteiger partial charge is 0.258 e. The Balaban J connectivity index is 1.49. The summed E-state index contributed by atoms with van der Waals surface area (Å²) in [5.74, 6) is -0.150. The van der Waals surface area contributed by atoms with Crippen LogP contribution in [0.15, 0.2) is 55.1 Å². The molecule has 0 bridgehead atoms. The molecule has 0 saturated heterocycles. The van der Waals surface area contributed by atoms with Crippen molar-refractivity contribution in [2.45, 2.75) is 12.5 Å². The third-order valence-corrected chi connectivity index (χ3v) is 6.70. The number of aromatic amines is 1. The summed E-state index contributed by atoms with van der Waals surface area (Å²) in [6.45, 7) is 0.532. The molecule has 1 aliphatic rings. The second-order valence-electron chi connectivity index (χ2n) is 7.35. The van der Waals surface area contributed by atoms with E-state index in [1.54, 1.807) is 46.7 Å². The van der Waals surface area contributed by atoms with Crippen molar-refractivity contribution in [2.24, 2.45) is 0 Å². The molecule has 1 aliphatic heterocycles. The van der Waals surface area contributed by atoms with Crippen molar-refractivity contribution in [3.63, 3.8) is 0 Å². The van der Waals surface area contributed by atoms with Gasteiger partial charge in [0.2, 0.25) is 0 Å². The molecule has 0 aliphatic carbocycles. The second-order valence-corrected chi connectivity index (χ2v) is 8.41. The maximum atomic E-state index is 13.7. The van der Waals surface area contributed by atoms with Gasteiger partial charge in [-0.3, -0.25) is 4.79 Å². The van der Waals surface area contributed by atoms with E-state index in [1.165, 1.54) is 0 Å². The van der Waals surface area contributed by atoms with Gasteiger partial charge in [0.1, 0.15) is 11.0 Å². The summed E-state index contributed by atoms with van der Waals surface area (Å²) in [5, 5.41) is 14.4. The molecule has 5 aromatic rings. The first-order valence-corrected chi connectivity index (χ1v) is 10.6. The summed E-state index contributed by atoms with van der Waals surface area (Å²) < 4.78 is 2.69. The molecule has 4 aromatic heterocycles. The normalized spacial score (nSPS) is 15.8. The average Bonchev–Trinajstić information content (AvgIpc) is 3.54. The summed E-state index contributed by atoms with van der Waals surface area (Å²) >= 11 is 1.58.